The van der Waals surface area contributed by atoms with Crippen molar-refractivity contribution in [2.45, 2.75) is 19.8 Å². The first-order valence-corrected chi connectivity index (χ1v) is 5.00. The Morgan fingerprint density at radius 2 is 2.21 bits per heavy atom. The third-order valence-electron chi connectivity index (χ3n) is 2.34. The lowest BCUT2D eigenvalue weighted by molar-refractivity contribution is 0.262. The Morgan fingerprint density at radius 3 is 2.86 bits per heavy atom. The second kappa shape index (κ2) is 5.66. The normalized spacial score (nSPS) is 12.5. The van der Waals surface area contributed by atoms with E-state index in [1.54, 1.807) is 7.11 Å². The number of aliphatic hydroxyl groups is 1. The van der Waals surface area contributed by atoms with Crippen molar-refractivity contribution in [3.63, 3.8) is 0 Å². The van der Waals surface area contributed by atoms with Gasteiger partial charge in [0.25, 0.3) is 0 Å². The smallest absolute Gasteiger partial charge is 0.119 e. The molecule has 0 fully saturated rings. The molecule has 0 saturated carbocycles. The van der Waals surface area contributed by atoms with Gasteiger partial charge >= 0.3 is 0 Å². The van der Waals surface area contributed by atoms with Crippen LogP contribution in [-0.2, 0) is 6.42 Å². The molecular formula is C12H18O2. The fraction of sp³-hybridized carbons (Fsp3) is 0.500. The van der Waals surface area contributed by atoms with Crippen molar-refractivity contribution >= 4 is 0 Å². The van der Waals surface area contributed by atoms with Gasteiger partial charge in [-0.05, 0) is 36.5 Å². The Morgan fingerprint density at radius 1 is 1.43 bits per heavy atom. The first-order valence-electron chi connectivity index (χ1n) is 5.00. The molecule has 0 aliphatic carbocycles. The molecule has 1 aromatic rings. The van der Waals surface area contributed by atoms with Crippen LogP contribution in [0.15, 0.2) is 24.3 Å². The first-order chi connectivity index (χ1) is 6.76. The Labute approximate surface area is 85.5 Å². The third kappa shape index (κ3) is 3.38. The van der Waals surface area contributed by atoms with Gasteiger partial charge in [0.1, 0.15) is 5.75 Å². The number of hydrogen-bond donors (Lipinski definition) is 1. The number of benzene rings is 1. The second-order valence-corrected chi connectivity index (χ2v) is 3.67. The van der Waals surface area contributed by atoms with Gasteiger partial charge in [0.15, 0.2) is 0 Å². The average Bonchev–Trinajstić information content (AvgIpc) is 2.18. The summed E-state index contributed by atoms with van der Waals surface area (Å²) in [5.41, 5.74) is 1.27. The molecule has 0 amide bonds. The molecule has 0 radical (unpaired) electrons. The van der Waals surface area contributed by atoms with Crippen LogP contribution in [0.5, 0.6) is 5.75 Å². The summed E-state index contributed by atoms with van der Waals surface area (Å²) in [4.78, 5) is 0. The Kier molecular flexibility index (Phi) is 4.47. The fourth-order valence-electron chi connectivity index (χ4n) is 1.52. The molecule has 2 nitrogen and oxygen atoms in total. The molecule has 0 heterocycles. The highest BCUT2D eigenvalue weighted by atomic mass is 16.5. The van der Waals surface area contributed by atoms with Crippen molar-refractivity contribution in [2.24, 2.45) is 5.92 Å². The predicted molar refractivity (Wildman–Crippen MR) is 57.6 cm³/mol. The van der Waals surface area contributed by atoms with Crippen LogP contribution in [-0.4, -0.2) is 18.8 Å². The van der Waals surface area contributed by atoms with E-state index in [9.17, 15) is 0 Å². The monoisotopic (exact) mass is 194 g/mol. The van der Waals surface area contributed by atoms with Crippen LogP contribution in [0.3, 0.4) is 0 Å². The first kappa shape index (κ1) is 11.1. The molecule has 0 bridgehead atoms. The highest BCUT2D eigenvalue weighted by molar-refractivity contribution is 5.28. The van der Waals surface area contributed by atoms with Crippen LogP contribution in [0.1, 0.15) is 18.9 Å². The summed E-state index contributed by atoms with van der Waals surface area (Å²) in [6.45, 7) is 2.42. The average molecular weight is 194 g/mol. The van der Waals surface area contributed by atoms with Crippen molar-refractivity contribution in [3.05, 3.63) is 29.8 Å². The van der Waals surface area contributed by atoms with Crippen molar-refractivity contribution in [1.29, 1.82) is 0 Å². The molecule has 14 heavy (non-hydrogen) atoms. The van der Waals surface area contributed by atoms with Crippen LogP contribution >= 0.6 is 0 Å². The standard InChI is InChI=1S/C12H18O2/c1-10(6-7-13)8-11-4-3-5-12(9-11)14-2/h3-5,9-10,13H,6-8H2,1-2H3. The van der Waals surface area contributed by atoms with Crippen molar-refractivity contribution < 1.29 is 9.84 Å². The number of rotatable bonds is 5. The minimum atomic E-state index is 0.269. The van der Waals surface area contributed by atoms with E-state index in [4.69, 9.17) is 9.84 Å². The van der Waals surface area contributed by atoms with Crippen molar-refractivity contribution in [3.8, 4) is 5.75 Å². The van der Waals surface area contributed by atoms with Crippen molar-refractivity contribution in [1.82, 2.24) is 0 Å². The van der Waals surface area contributed by atoms with Crippen molar-refractivity contribution in [2.75, 3.05) is 13.7 Å². The van der Waals surface area contributed by atoms with E-state index in [0.717, 1.165) is 18.6 Å². The summed E-state index contributed by atoms with van der Waals surface area (Å²) >= 11 is 0. The van der Waals surface area contributed by atoms with Crippen LogP contribution in [0, 0.1) is 5.92 Å². The van der Waals surface area contributed by atoms with E-state index in [-0.39, 0.29) is 6.61 Å². The summed E-state index contributed by atoms with van der Waals surface area (Å²) in [5.74, 6) is 1.42. The van der Waals surface area contributed by atoms with Gasteiger partial charge in [0, 0.05) is 6.61 Å². The summed E-state index contributed by atoms with van der Waals surface area (Å²) in [6.07, 6.45) is 1.86. The van der Waals surface area contributed by atoms with E-state index in [1.165, 1.54) is 5.56 Å². The molecule has 78 valence electrons. The Balaban J connectivity index is 2.57. The molecule has 1 unspecified atom stereocenters. The number of aliphatic hydroxyl groups excluding tert-OH is 1. The quantitative estimate of drug-likeness (QED) is 0.779. The van der Waals surface area contributed by atoms with Gasteiger partial charge < -0.3 is 9.84 Å². The molecule has 1 atom stereocenters. The van der Waals surface area contributed by atoms with Gasteiger partial charge in [-0.1, -0.05) is 19.1 Å². The Bertz CT molecular complexity index is 271. The second-order valence-electron chi connectivity index (χ2n) is 3.67. The summed E-state index contributed by atoms with van der Waals surface area (Å²) in [6, 6.07) is 8.09. The molecule has 0 spiro atoms. The van der Waals surface area contributed by atoms with Gasteiger partial charge in [0.2, 0.25) is 0 Å². The maximum Gasteiger partial charge on any atom is 0.119 e. The SMILES string of the molecule is COc1cccc(CC(C)CCO)c1. The van der Waals surface area contributed by atoms with E-state index in [1.807, 2.05) is 18.2 Å². The van der Waals surface area contributed by atoms with Crippen LogP contribution < -0.4 is 4.74 Å². The third-order valence-corrected chi connectivity index (χ3v) is 2.34. The molecule has 1 aromatic carbocycles. The zero-order chi connectivity index (χ0) is 10.4. The fourth-order valence-corrected chi connectivity index (χ4v) is 1.52. The van der Waals surface area contributed by atoms with E-state index in [2.05, 4.69) is 13.0 Å². The van der Waals surface area contributed by atoms with E-state index < -0.39 is 0 Å². The number of hydrogen-bond acceptors (Lipinski definition) is 2. The van der Waals surface area contributed by atoms with Crippen LogP contribution in [0.2, 0.25) is 0 Å². The lowest BCUT2D eigenvalue weighted by Gasteiger charge is -2.10. The molecule has 0 aliphatic rings. The van der Waals surface area contributed by atoms with Gasteiger partial charge in [0.05, 0.1) is 7.11 Å². The van der Waals surface area contributed by atoms with Crippen LogP contribution in [0.25, 0.3) is 0 Å². The zero-order valence-corrected chi connectivity index (χ0v) is 8.86. The molecular weight excluding hydrogens is 176 g/mol. The van der Waals surface area contributed by atoms with Gasteiger partial charge in [-0.25, -0.2) is 0 Å². The lowest BCUT2D eigenvalue weighted by atomic mass is 9.98. The minimum absolute atomic E-state index is 0.269. The largest absolute Gasteiger partial charge is 0.497 e. The maximum absolute atomic E-state index is 8.79. The van der Waals surface area contributed by atoms with Gasteiger partial charge in [-0.15, -0.1) is 0 Å². The molecule has 1 rings (SSSR count). The van der Waals surface area contributed by atoms with Gasteiger partial charge in [-0.2, -0.15) is 0 Å². The van der Waals surface area contributed by atoms with E-state index in [0.29, 0.717) is 5.92 Å². The lowest BCUT2D eigenvalue weighted by Crippen LogP contribution is -2.02. The molecule has 0 aromatic heterocycles. The highest BCUT2D eigenvalue weighted by Gasteiger charge is 2.03. The minimum Gasteiger partial charge on any atom is -0.497 e. The summed E-state index contributed by atoms with van der Waals surface area (Å²) < 4.78 is 5.15. The zero-order valence-electron chi connectivity index (χ0n) is 8.86. The maximum atomic E-state index is 8.79. The van der Waals surface area contributed by atoms with Gasteiger partial charge in [-0.3, -0.25) is 0 Å². The highest BCUT2D eigenvalue weighted by Crippen LogP contribution is 2.17. The molecule has 1 N–H and O–H groups in total. The Hall–Kier alpha value is -1.02. The molecule has 0 saturated heterocycles. The topological polar surface area (TPSA) is 29.5 Å². The van der Waals surface area contributed by atoms with E-state index >= 15 is 0 Å². The van der Waals surface area contributed by atoms with Crippen LogP contribution in [0.4, 0.5) is 0 Å². The number of ether oxygens (including phenoxy) is 1. The molecule has 2 heteroatoms. The predicted octanol–water partition coefficient (Wildman–Crippen LogP) is 2.26. The summed E-state index contributed by atoms with van der Waals surface area (Å²) in [7, 11) is 1.68. The molecule has 0 aliphatic heterocycles. The number of methoxy groups -OCH3 is 1. The summed E-state index contributed by atoms with van der Waals surface area (Å²) in [5, 5.41) is 8.79.